The lowest BCUT2D eigenvalue weighted by molar-refractivity contribution is -0.139. The Hall–Kier alpha value is -2.56. The van der Waals surface area contributed by atoms with Crippen molar-refractivity contribution in [3.05, 3.63) is 53.5 Å². The highest BCUT2D eigenvalue weighted by Gasteiger charge is 2.39. The molecular formula is C15H12O5. The average molecular weight is 272 g/mol. The molecule has 0 N–H and O–H groups in total. The third-order valence-corrected chi connectivity index (χ3v) is 3.10. The van der Waals surface area contributed by atoms with Gasteiger partial charge < -0.3 is 14.2 Å². The zero-order valence-electron chi connectivity index (χ0n) is 10.8. The second-order valence-corrected chi connectivity index (χ2v) is 4.33. The molecule has 5 heteroatoms. The zero-order valence-corrected chi connectivity index (χ0v) is 10.8. The highest BCUT2D eigenvalue weighted by atomic mass is 16.5. The van der Waals surface area contributed by atoms with Gasteiger partial charge in [0.15, 0.2) is 11.9 Å². The minimum Gasteiger partial charge on any atom is -0.480 e. The van der Waals surface area contributed by atoms with Gasteiger partial charge in [0, 0.05) is 0 Å². The van der Waals surface area contributed by atoms with Crippen molar-refractivity contribution in [1.82, 2.24) is 0 Å². The van der Waals surface area contributed by atoms with Crippen molar-refractivity contribution in [1.29, 1.82) is 0 Å². The van der Waals surface area contributed by atoms with Crippen LogP contribution in [0.1, 0.15) is 17.3 Å². The van der Waals surface area contributed by atoms with E-state index in [1.54, 1.807) is 31.2 Å². The standard InChI is InChI=1S/C15H12O5/c1-2-19-15(17)11-8-18-7-10-13(16)9-5-3-4-6-12(9)20-14(10)11/h3-8,14H,2H2,1H3. The van der Waals surface area contributed by atoms with Crippen LogP contribution in [0.15, 0.2) is 47.9 Å². The number of ketones is 1. The van der Waals surface area contributed by atoms with Gasteiger partial charge in [-0.25, -0.2) is 4.79 Å². The third-order valence-electron chi connectivity index (χ3n) is 3.10. The minimum absolute atomic E-state index is 0.187. The summed E-state index contributed by atoms with van der Waals surface area (Å²) in [5, 5.41) is 0. The maximum absolute atomic E-state index is 12.4. The number of hydrogen-bond donors (Lipinski definition) is 0. The fourth-order valence-electron chi connectivity index (χ4n) is 2.18. The van der Waals surface area contributed by atoms with E-state index in [1.807, 2.05) is 0 Å². The molecule has 1 atom stereocenters. The van der Waals surface area contributed by atoms with Crippen molar-refractivity contribution in [2.24, 2.45) is 0 Å². The van der Waals surface area contributed by atoms with Crippen LogP contribution in [0.25, 0.3) is 0 Å². The molecule has 2 aliphatic rings. The van der Waals surface area contributed by atoms with Crippen LogP contribution in [0, 0.1) is 0 Å². The highest BCUT2D eigenvalue weighted by Crippen LogP contribution is 2.35. The van der Waals surface area contributed by atoms with Gasteiger partial charge in [-0.05, 0) is 19.1 Å². The molecule has 20 heavy (non-hydrogen) atoms. The van der Waals surface area contributed by atoms with Gasteiger partial charge in [0.25, 0.3) is 0 Å². The van der Waals surface area contributed by atoms with E-state index in [4.69, 9.17) is 14.2 Å². The van der Waals surface area contributed by atoms with Gasteiger partial charge in [-0.2, -0.15) is 0 Å². The van der Waals surface area contributed by atoms with E-state index in [1.165, 1.54) is 12.5 Å². The monoisotopic (exact) mass is 272 g/mol. The first-order valence-electron chi connectivity index (χ1n) is 6.25. The van der Waals surface area contributed by atoms with Gasteiger partial charge in [-0.1, -0.05) is 12.1 Å². The van der Waals surface area contributed by atoms with Crippen molar-refractivity contribution in [3.63, 3.8) is 0 Å². The molecule has 0 saturated heterocycles. The quantitative estimate of drug-likeness (QED) is 0.770. The maximum atomic E-state index is 12.4. The first kappa shape index (κ1) is 12.5. The number of Topliss-reactive ketones (excluding diaryl/α,β-unsaturated/α-hetero) is 1. The lowest BCUT2D eigenvalue weighted by Crippen LogP contribution is -2.36. The second kappa shape index (κ2) is 4.85. The molecule has 1 unspecified atom stereocenters. The molecule has 102 valence electrons. The molecule has 0 saturated carbocycles. The number of carbonyl (C=O) groups is 2. The number of benzene rings is 1. The van der Waals surface area contributed by atoms with Gasteiger partial charge in [-0.15, -0.1) is 0 Å². The summed E-state index contributed by atoms with van der Waals surface area (Å²) < 4.78 is 15.8. The molecule has 5 nitrogen and oxygen atoms in total. The Balaban J connectivity index is 1.99. The third kappa shape index (κ3) is 1.87. The largest absolute Gasteiger partial charge is 0.480 e. The van der Waals surface area contributed by atoms with Crippen LogP contribution in [0.3, 0.4) is 0 Å². The maximum Gasteiger partial charge on any atom is 0.341 e. The Kier molecular flexibility index (Phi) is 3.02. The van der Waals surface area contributed by atoms with Crippen LogP contribution in [0.5, 0.6) is 5.75 Å². The summed E-state index contributed by atoms with van der Waals surface area (Å²) in [5.41, 5.74) is 0.949. The Labute approximate surface area is 115 Å². The van der Waals surface area contributed by atoms with E-state index in [9.17, 15) is 9.59 Å². The average Bonchev–Trinajstić information content (AvgIpc) is 2.47. The molecule has 0 amide bonds. The molecule has 0 radical (unpaired) electrons. The zero-order chi connectivity index (χ0) is 14.1. The van der Waals surface area contributed by atoms with Crippen LogP contribution in [-0.4, -0.2) is 24.5 Å². The van der Waals surface area contributed by atoms with Crippen LogP contribution in [0.4, 0.5) is 0 Å². The van der Waals surface area contributed by atoms with E-state index >= 15 is 0 Å². The van der Waals surface area contributed by atoms with E-state index in [2.05, 4.69) is 0 Å². The summed E-state index contributed by atoms with van der Waals surface area (Å²) in [6.07, 6.45) is 1.80. The SMILES string of the molecule is CCOC(=O)C1=COC=C2C(=O)c3ccccc3OC12. The number of rotatable bonds is 2. The fourth-order valence-corrected chi connectivity index (χ4v) is 2.18. The normalized spacial score (nSPS) is 19.6. The molecule has 0 bridgehead atoms. The number of ether oxygens (including phenoxy) is 3. The topological polar surface area (TPSA) is 61.8 Å². The molecule has 0 aromatic heterocycles. The van der Waals surface area contributed by atoms with Gasteiger partial charge in [0.1, 0.15) is 23.8 Å². The second-order valence-electron chi connectivity index (χ2n) is 4.33. The number of para-hydroxylation sites is 1. The van der Waals surface area contributed by atoms with Crippen molar-refractivity contribution >= 4 is 11.8 Å². The van der Waals surface area contributed by atoms with Crippen LogP contribution in [-0.2, 0) is 14.3 Å². The molecule has 2 aliphatic heterocycles. The predicted octanol–water partition coefficient (Wildman–Crippen LogP) is 1.99. The van der Waals surface area contributed by atoms with E-state index in [0.717, 1.165) is 0 Å². The number of esters is 1. The van der Waals surface area contributed by atoms with Crippen LogP contribution in [0.2, 0.25) is 0 Å². The highest BCUT2D eigenvalue weighted by molar-refractivity contribution is 6.13. The molecule has 3 rings (SSSR count). The summed E-state index contributed by atoms with van der Waals surface area (Å²) in [5.74, 6) is -0.293. The van der Waals surface area contributed by atoms with Crippen molar-refractivity contribution in [2.75, 3.05) is 6.61 Å². The van der Waals surface area contributed by atoms with Crippen molar-refractivity contribution in [2.45, 2.75) is 13.0 Å². The first-order chi connectivity index (χ1) is 9.72. The Morgan fingerprint density at radius 2 is 2.10 bits per heavy atom. The molecule has 0 aliphatic carbocycles. The lowest BCUT2D eigenvalue weighted by atomic mass is 9.91. The minimum atomic E-state index is -0.773. The lowest BCUT2D eigenvalue weighted by Gasteiger charge is -2.29. The van der Waals surface area contributed by atoms with Crippen molar-refractivity contribution < 1.29 is 23.8 Å². The fraction of sp³-hybridized carbons (Fsp3) is 0.200. The molecular weight excluding hydrogens is 260 g/mol. The Morgan fingerprint density at radius 3 is 2.90 bits per heavy atom. The van der Waals surface area contributed by atoms with Crippen LogP contribution < -0.4 is 4.74 Å². The Bertz CT molecular complexity index is 641. The number of carbonyl (C=O) groups excluding carboxylic acids is 2. The molecule has 1 aromatic rings. The van der Waals surface area contributed by atoms with Crippen LogP contribution >= 0.6 is 0 Å². The smallest absolute Gasteiger partial charge is 0.341 e. The van der Waals surface area contributed by atoms with Gasteiger partial charge in [0.05, 0.1) is 17.7 Å². The van der Waals surface area contributed by atoms with E-state index in [-0.39, 0.29) is 18.0 Å². The number of fused-ring (bicyclic) bond motifs is 2. The summed E-state index contributed by atoms with van der Waals surface area (Å²) in [4.78, 5) is 24.3. The summed E-state index contributed by atoms with van der Waals surface area (Å²) in [6, 6.07) is 6.90. The molecule has 0 fully saturated rings. The Morgan fingerprint density at radius 1 is 1.30 bits per heavy atom. The van der Waals surface area contributed by atoms with Gasteiger partial charge >= 0.3 is 5.97 Å². The predicted molar refractivity (Wildman–Crippen MR) is 69.1 cm³/mol. The summed E-state index contributed by atoms with van der Waals surface area (Å²) in [7, 11) is 0. The van der Waals surface area contributed by atoms with E-state index in [0.29, 0.717) is 16.9 Å². The van der Waals surface area contributed by atoms with Gasteiger partial charge in [-0.3, -0.25) is 4.79 Å². The van der Waals surface area contributed by atoms with Gasteiger partial charge in [0.2, 0.25) is 0 Å². The van der Waals surface area contributed by atoms with Crippen molar-refractivity contribution in [3.8, 4) is 5.75 Å². The number of hydrogen-bond acceptors (Lipinski definition) is 5. The molecule has 2 heterocycles. The van der Waals surface area contributed by atoms with E-state index < -0.39 is 12.1 Å². The summed E-state index contributed by atoms with van der Waals surface area (Å²) >= 11 is 0. The molecule has 1 aromatic carbocycles. The summed E-state index contributed by atoms with van der Waals surface area (Å²) in [6.45, 7) is 1.95. The first-order valence-corrected chi connectivity index (χ1v) is 6.25. The molecule has 0 spiro atoms.